The van der Waals surface area contributed by atoms with Gasteiger partial charge in [0.25, 0.3) is 0 Å². The molecule has 0 aliphatic carbocycles. The van der Waals surface area contributed by atoms with Crippen molar-refractivity contribution in [3.05, 3.63) is 52.0 Å². The van der Waals surface area contributed by atoms with Crippen molar-refractivity contribution in [1.29, 1.82) is 0 Å². The molecule has 1 aromatic carbocycles. The number of carboxylic acid groups (broad SMARTS) is 1. The molecule has 1 aliphatic heterocycles. The maximum Gasteiger partial charge on any atom is 0.325 e. The van der Waals surface area contributed by atoms with Gasteiger partial charge in [-0.1, -0.05) is 30.3 Å². The number of hydrogen-bond donors (Lipinski definition) is 2. The molecular weight excluding hydrogens is 300 g/mol. The predicted molar refractivity (Wildman–Crippen MR) is 83.7 cm³/mol. The van der Waals surface area contributed by atoms with Gasteiger partial charge in [-0.25, -0.2) is 4.98 Å². The summed E-state index contributed by atoms with van der Waals surface area (Å²) < 4.78 is 5.62. The summed E-state index contributed by atoms with van der Waals surface area (Å²) in [5, 5.41) is 13.5. The van der Waals surface area contributed by atoms with Gasteiger partial charge in [-0.15, -0.1) is 11.3 Å². The Labute approximate surface area is 133 Å². The van der Waals surface area contributed by atoms with Gasteiger partial charge in [-0.3, -0.25) is 10.1 Å². The number of hydrogen-bond acceptors (Lipinski definition) is 5. The molecule has 2 N–H and O–H groups in total. The van der Waals surface area contributed by atoms with Crippen molar-refractivity contribution >= 4 is 17.3 Å². The molecule has 1 aromatic heterocycles. The topological polar surface area (TPSA) is 71.5 Å². The lowest BCUT2D eigenvalue weighted by molar-refractivity contribution is -0.139. The SMILES string of the molecule is O=C(O)[C@@H](NCc1cnc(C2CCCO2)s1)c1ccccc1. The van der Waals surface area contributed by atoms with Crippen molar-refractivity contribution in [2.24, 2.45) is 0 Å². The second-order valence-corrected chi connectivity index (χ2v) is 6.38. The van der Waals surface area contributed by atoms with E-state index >= 15 is 0 Å². The van der Waals surface area contributed by atoms with Crippen LogP contribution in [0, 0.1) is 0 Å². The third kappa shape index (κ3) is 3.52. The van der Waals surface area contributed by atoms with E-state index in [-0.39, 0.29) is 6.10 Å². The zero-order valence-electron chi connectivity index (χ0n) is 12.1. The van der Waals surface area contributed by atoms with E-state index in [0.717, 1.165) is 34.9 Å². The summed E-state index contributed by atoms with van der Waals surface area (Å²) in [6.45, 7) is 1.28. The normalized spacial score (nSPS) is 19.2. The first-order valence-electron chi connectivity index (χ1n) is 7.31. The van der Waals surface area contributed by atoms with Crippen molar-refractivity contribution in [2.75, 3.05) is 6.61 Å². The lowest BCUT2D eigenvalue weighted by Crippen LogP contribution is -2.27. The molecule has 1 unspecified atom stereocenters. The number of carbonyl (C=O) groups is 1. The molecule has 1 aliphatic rings. The van der Waals surface area contributed by atoms with Gasteiger partial charge in [0.1, 0.15) is 17.2 Å². The van der Waals surface area contributed by atoms with E-state index in [1.807, 2.05) is 30.3 Å². The number of nitrogens with zero attached hydrogens (tertiary/aromatic N) is 1. The highest BCUT2D eigenvalue weighted by atomic mass is 32.1. The molecule has 0 spiro atoms. The average Bonchev–Trinajstić information content (AvgIpc) is 3.19. The first kappa shape index (κ1) is 15.1. The maximum atomic E-state index is 11.4. The van der Waals surface area contributed by atoms with Crippen LogP contribution in [0.2, 0.25) is 0 Å². The van der Waals surface area contributed by atoms with Crippen molar-refractivity contribution < 1.29 is 14.6 Å². The number of thiazole rings is 1. The molecule has 2 heterocycles. The third-order valence-electron chi connectivity index (χ3n) is 3.64. The third-order valence-corrected chi connectivity index (χ3v) is 4.73. The molecule has 0 radical (unpaired) electrons. The lowest BCUT2D eigenvalue weighted by atomic mass is 10.1. The lowest BCUT2D eigenvalue weighted by Gasteiger charge is -2.13. The highest BCUT2D eigenvalue weighted by Gasteiger charge is 2.22. The van der Waals surface area contributed by atoms with E-state index < -0.39 is 12.0 Å². The average molecular weight is 318 g/mol. The molecule has 2 aromatic rings. The minimum Gasteiger partial charge on any atom is -0.480 e. The summed E-state index contributed by atoms with van der Waals surface area (Å²) in [6.07, 6.45) is 4.01. The number of benzene rings is 1. The molecule has 6 heteroatoms. The Bertz CT molecular complexity index is 623. The second-order valence-electron chi connectivity index (χ2n) is 5.23. The van der Waals surface area contributed by atoms with Crippen molar-refractivity contribution in [3.63, 3.8) is 0 Å². The molecule has 3 rings (SSSR count). The number of aromatic nitrogens is 1. The number of rotatable bonds is 6. The van der Waals surface area contributed by atoms with Gasteiger partial charge < -0.3 is 9.84 Å². The zero-order chi connectivity index (χ0) is 15.4. The minimum absolute atomic E-state index is 0.114. The second kappa shape index (κ2) is 7.00. The number of aliphatic carboxylic acids is 1. The van der Waals surface area contributed by atoms with Gasteiger partial charge in [0, 0.05) is 24.2 Å². The zero-order valence-corrected chi connectivity index (χ0v) is 12.9. The smallest absolute Gasteiger partial charge is 0.325 e. The standard InChI is InChI=1S/C16H18N2O3S/c19-16(20)14(11-5-2-1-3-6-11)17-9-12-10-18-15(22-12)13-7-4-8-21-13/h1-3,5-6,10,13-14,17H,4,7-9H2,(H,19,20)/t13?,14-/m0/s1. The summed E-state index contributed by atoms with van der Waals surface area (Å²) in [5.74, 6) is -0.880. The number of carboxylic acids is 1. The van der Waals surface area contributed by atoms with Crippen LogP contribution in [0.15, 0.2) is 36.5 Å². The van der Waals surface area contributed by atoms with Crippen molar-refractivity contribution in [1.82, 2.24) is 10.3 Å². The molecule has 22 heavy (non-hydrogen) atoms. The van der Waals surface area contributed by atoms with Crippen LogP contribution in [0.5, 0.6) is 0 Å². The van der Waals surface area contributed by atoms with Crippen LogP contribution < -0.4 is 5.32 Å². The first-order chi connectivity index (χ1) is 10.7. The largest absolute Gasteiger partial charge is 0.480 e. The summed E-state index contributed by atoms with van der Waals surface area (Å²) in [5.41, 5.74) is 0.749. The number of ether oxygens (including phenoxy) is 1. The Morgan fingerprint density at radius 2 is 2.27 bits per heavy atom. The van der Waals surface area contributed by atoms with Gasteiger partial charge >= 0.3 is 5.97 Å². The Morgan fingerprint density at radius 1 is 1.45 bits per heavy atom. The molecule has 2 atom stereocenters. The fourth-order valence-corrected chi connectivity index (χ4v) is 3.47. The molecule has 0 amide bonds. The van der Waals surface area contributed by atoms with Gasteiger partial charge in [0.2, 0.25) is 0 Å². The monoisotopic (exact) mass is 318 g/mol. The summed E-state index contributed by atoms with van der Waals surface area (Å²) in [4.78, 5) is 16.9. The Morgan fingerprint density at radius 3 is 2.95 bits per heavy atom. The summed E-state index contributed by atoms with van der Waals surface area (Å²) >= 11 is 1.59. The van der Waals surface area contributed by atoms with Crippen LogP contribution in [-0.4, -0.2) is 22.7 Å². The van der Waals surface area contributed by atoms with Crippen LogP contribution in [0.25, 0.3) is 0 Å². The molecule has 5 nitrogen and oxygen atoms in total. The molecule has 0 bridgehead atoms. The minimum atomic E-state index is -0.880. The van der Waals surface area contributed by atoms with Crippen LogP contribution >= 0.6 is 11.3 Å². The first-order valence-corrected chi connectivity index (χ1v) is 8.13. The van der Waals surface area contributed by atoms with Gasteiger partial charge in [-0.2, -0.15) is 0 Å². The Kier molecular flexibility index (Phi) is 4.82. The molecule has 116 valence electrons. The van der Waals surface area contributed by atoms with E-state index in [1.54, 1.807) is 17.5 Å². The van der Waals surface area contributed by atoms with Crippen LogP contribution in [0.3, 0.4) is 0 Å². The fraction of sp³-hybridized carbons (Fsp3) is 0.375. The fourth-order valence-electron chi connectivity index (χ4n) is 2.52. The maximum absolute atomic E-state index is 11.4. The summed E-state index contributed by atoms with van der Waals surface area (Å²) in [7, 11) is 0. The van der Waals surface area contributed by atoms with E-state index in [9.17, 15) is 9.90 Å². The summed E-state index contributed by atoms with van der Waals surface area (Å²) in [6, 6.07) is 8.48. The molecular formula is C16H18N2O3S. The van der Waals surface area contributed by atoms with Gasteiger partial charge in [-0.05, 0) is 18.4 Å². The quantitative estimate of drug-likeness (QED) is 0.857. The van der Waals surface area contributed by atoms with E-state index in [0.29, 0.717) is 6.54 Å². The van der Waals surface area contributed by atoms with E-state index in [4.69, 9.17) is 4.74 Å². The van der Waals surface area contributed by atoms with Crippen LogP contribution in [-0.2, 0) is 16.1 Å². The van der Waals surface area contributed by atoms with E-state index in [2.05, 4.69) is 10.3 Å². The molecule has 1 fully saturated rings. The highest BCUT2D eigenvalue weighted by molar-refractivity contribution is 7.11. The number of nitrogens with one attached hydrogen (secondary N) is 1. The molecule has 0 saturated carbocycles. The van der Waals surface area contributed by atoms with Crippen LogP contribution in [0.4, 0.5) is 0 Å². The van der Waals surface area contributed by atoms with Crippen LogP contribution in [0.1, 0.15) is 40.4 Å². The highest BCUT2D eigenvalue weighted by Crippen LogP contribution is 2.31. The van der Waals surface area contributed by atoms with Gasteiger partial charge in [0.15, 0.2) is 0 Å². The molecule has 1 saturated heterocycles. The Balaban J connectivity index is 1.64. The van der Waals surface area contributed by atoms with Crippen molar-refractivity contribution in [2.45, 2.75) is 31.5 Å². The van der Waals surface area contributed by atoms with Crippen molar-refractivity contribution in [3.8, 4) is 0 Å². The van der Waals surface area contributed by atoms with Gasteiger partial charge in [0.05, 0.1) is 0 Å². The predicted octanol–water partition coefficient (Wildman–Crippen LogP) is 2.91. The van der Waals surface area contributed by atoms with E-state index in [1.165, 1.54) is 0 Å². The Hall–Kier alpha value is -1.76.